The summed E-state index contributed by atoms with van der Waals surface area (Å²) in [6, 6.07) is 8.58. The van der Waals surface area contributed by atoms with E-state index in [0.717, 1.165) is 11.5 Å². The summed E-state index contributed by atoms with van der Waals surface area (Å²) in [5.41, 5.74) is 8.50. The van der Waals surface area contributed by atoms with Crippen LogP contribution in [0.25, 0.3) is 6.08 Å². The Bertz CT molecular complexity index is 313. The lowest BCUT2D eigenvalue weighted by Crippen LogP contribution is -2.12. The molecule has 0 saturated heterocycles. The summed E-state index contributed by atoms with van der Waals surface area (Å²) in [5.74, 6) is 0.722. The zero-order valence-corrected chi connectivity index (χ0v) is 7.74. The van der Waals surface area contributed by atoms with E-state index in [9.17, 15) is 0 Å². The first-order valence-corrected chi connectivity index (χ1v) is 4.79. The molecule has 1 fully saturated rings. The fourth-order valence-electron chi connectivity index (χ4n) is 1.62. The van der Waals surface area contributed by atoms with Crippen molar-refractivity contribution in [2.45, 2.75) is 18.9 Å². The third kappa shape index (κ3) is 1.81. The molecule has 1 aromatic rings. The van der Waals surface area contributed by atoms with Crippen molar-refractivity contribution in [1.29, 1.82) is 0 Å². The molecular weight excluding hydrogens is 158 g/mol. The lowest BCUT2D eigenvalue weighted by atomic mass is 10.0. The standard InChI is InChI=1S/C12H15N/c1-2-9-4-3-5-11(8-9)12(13)10-6-7-10/h2-5,8,10,12H,1,6-7,13H2/t12-/m1/s1. The van der Waals surface area contributed by atoms with Crippen LogP contribution in [-0.4, -0.2) is 0 Å². The van der Waals surface area contributed by atoms with E-state index in [1.54, 1.807) is 0 Å². The molecule has 0 aliphatic heterocycles. The Hall–Kier alpha value is -1.08. The van der Waals surface area contributed by atoms with Gasteiger partial charge in [0.25, 0.3) is 0 Å². The van der Waals surface area contributed by atoms with Crippen LogP contribution in [-0.2, 0) is 0 Å². The van der Waals surface area contributed by atoms with Crippen molar-refractivity contribution in [2.75, 3.05) is 0 Å². The van der Waals surface area contributed by atoms with Gasteiger partial charge < -0.3 is 5.73 Å². The average molecular weight is 173 g/mol. The van der Waals surface area contributed by atoms with Gasteiger partial charge in [-0.05, 0) is 29.9 Å². The summed E-state index contributed by atoms with van der Waals surface area (Å²) in [7, 11) is 0. The van der Waals surface area contributed by atoms with Crippen molar-refractivity contribution in [3.05, 3.63) is 42.0 Å². The topological polar surface area (TPSA) is 26.0 Å². The van der Waals surface area contributed by atoms with Gasteiger partial charge in [0.1, 0.15) is 0 Å². The summed E-state index contributed by atoms with van der Waals surface area (Å²) >= 11 is 0. The third-order valence-corrected chi connectivity index (χ3v) is 2.66. The average Bonchev–Trinajstić information content (AvgIpc) is 3.00. The molecule has 1 aliphatic rings. The van der Waals surface area contributed by atoms with Crippen molar-refractivity contribution in [3.8, 4) is 0 Å². The Morgan fingerprint density at radius 2 is 2.23 bits per heavy atom. The van der Waals surface area contributed by atoms with Crippen LogP contribution in [0, 0.1) is 5.92 Å². The number of nitrogens with two attached hydrogens (primary N) is 1. The fraction of sp³-hybridized carbons (Fsp3) is 0.333. The van der Waals surface area contributed by atoms with E-state index in [1.807, 2.05) is 6.08 Å². The molecule has 1 aliphatic carbocycles. The molecule has 1 saturated carbocycles. The van der Waals surface area contributed by atoms with Gasteiger partial charge in [-0.15, -0.1) is 0 Å². The molecule has 0 spiro atoms. The highest BCUT2D eigenvalue weighted by molar-refractivity contribution is 5.48. The normalized spacial score (nSPS) is 18.2. The Morgan fingerprint density at radius 3 is 2.85 bits per heavy atom. The second kappa shape index (κ2) is 3.35. The SMILES string of the molecule is C=Cc1cccc([C@H](N)C2CC2)c1. The van der Waals surface area contributed by atoms with Gasteiger partial charge in [0, 0.05) is 6.04 Å². The Labute approximate surface area is 79.3 Å². The zero-order chi connectivity index (χ0) is 9.26. The molecule has 0 aromatic heterocycles. The van der Waals surface area contributed by atoms with Gasteiger partial charge in [0.05, 0.1) is 0 Å². The van der Waals surface area contributed by atoms with Gasteiger partial charge in [0.15, 0.2) is 0 Å². The fourth-order valence-corrected chi connectivity index (χ4v) is 1.62. The smallest absolute Gasteiger partial charge is 0.0323 e. The minimum atomic E-state index is 0.236. The number of benzene rings is 1. The Morgan fingerprint density at radius 1 is 1.46 bits per heavy atom. The molecule has 0 unspecified atom stereocenters. The zero-order valence-electron chi connectivity index (χ0n) is 7.74. The highest BCUT2D eigenvalue weighted by Gasteiger charge is 2.29. The molecule has 0 bridgehead atoms. The van der Waals surface area contributed by atoms with Gasteiger partial charge in [-0.3, -0.25) is 0 Å². The lowest BCUT2D eigenvalue weighted by Gasteiger charge is -2.10. The van der Waals surface area contributed by atoms with Crippen LogP contribution >= 0.6 is 0 Å². The number of rotatable bonds is 3. The second-order valence-corrected chi connectivity index (χ2v) is 3.74. The summed E-state index contributed by atoms with van der Waals surface area (Å²) in [6.45, 7) is 3.75. The van der Waals surface area contributed by atoms with Crippen molar-refractivity contribution in [2.24, 2.45) is 11.7 Å². The highest BCUT2D eigenvalue weighted by Crippen LogP contribution is 2.39. The maximum atomic E-state index is 6.09. The van der Waals surface area contributed by atoms with Crippen LogP contribution in [0.1, 0.15) is 30.0 Å². The second-order valence-electron chi connectivity index (χ2n) is 3.74. The van der Waals surface area contributed by atoms with E-state index < -0.39 is 0 Å². The molecule has 1 heteroatoms. The van der Waals surface area contributed by atoms with Crippen LogP contribution in [0.3, 0.4) is 0 Å². The molecule has 2 rings (SSSR count). The maximum Gasteiger partial charge on any atom is 0.0323 e. The van der Waals surface area contributed by atoms with Gasteiger partial charge in [-0.1, -0.05) is 36.9 Å². The monoisotopic (exact) mass is 173 g/mol. The highest BCUT2D eigenvalue weighted by atomic mass is 14.7. The Balaban J connectivity index is 2.22. The summed E-state index contributed by atoms with van der Waals surface area (Å²) < 4.78 is 0. The summed E-state index contributed by atoms with van der Waals surface area (Å²) in [5, 5.41) is 0. The molecule has 0 amide bonds. The molecule has 13 heavy (non-hydrogen) atoms. The first kappa shape index (κ1) is 8.52. The van der Waals surface area contributed by atoms with Crippen LogP contribution < -0.4 is 5.73 Å². The predicted octanol–water partition coefficient (Wildman–Crippen LogP) is 2.74. The van der Waals surface area contributed by atoms with Gasteiger partial charge >= 0.3 is 0 Å². The van der Waals surface area contributed by atoms with Crippen molar-refractivity contribution >= 4 is 6.08 Å². The van der Waals surface area contributed by atoms with Gasteiger partial charge in [-0.2, -0.15) is 0 Å². The van der Waals surface area contributed by atoms with Gasteiger partial charge in [0.2, 0.25) is 0 Å². The molecule has 68 valence electrons. The van der Waals surface area contributed by atoms with Crippen molar-refractivity contribution in [3.63, 3.8) is 0 Å². The molecule has 0 radical (unpaired) electrons. The third-order valence-electron chi connectivity index (χ3n) is 2.66. The minimum absolute atomic E-state index is 0.236. The lowest BCUT2D eigenvalue weighted by molar-refractivity contribution is 0.633. The first-order chi connectivity index (χ1) is 6.31. The molecule has 1 atom stereocenters. The van der Waals surface area contributed by atoms with Crippen LogP contribution in [0.5, 0.6) is 0 Å². The van der Waals surface area contributed by atoms with E-state index in [0.29, 0.717) is 0 Å². The van der Waals surface area contributed by atoms with Crippen molar-refractivity contribution in [1.82, 2.24) is 0 Å². The van der Waals surface area contributed by atoms with E-state index in [1.165, 1.54) is 18.4 Å². The van der Waals surface area contributed by atoms with Crippen LogP contribution in [0.2, 0.25) is 0 Å². The van der Waals surface area contributed by atoms with E-state index in [4.69, 9.17) is 5.73 Å². The summed E-state index contributed by atoms with van der Waals surface area (Å²) in [4.78, 5) is 0. The first-order valence-electron chi connectivity index (χ1n) is 4.79. The minimum Gasteiger partial charge on any atom is -0.324 e. The van der Waals surface area contributed by atoms with Crippen molar-refractivity contribution < 1.29 is 0 Å². The molecule has 2 N–H and O–H groups in total. The van der Waals surface area contributed by atoms with Crippen LogP contribution in [0.15, 0.2) is 30.8 Å². The predicted molar refractivity (Wildman–Crippen MR) is 56.2 cm³/mol. The molecule has 1 aromatic carbocycles. The molecule has 1 nitrogen and oxygen atoms in total. The molecular formula is C12H15N. The number of hydrogen-bond acceptors (Lipinski definition) is 1. The largest absolute Gasteiger partial charge is 0.324 e. The summed E-state index contributed by atoms with van der Waals surface area (Å²) in [6.07, 6.45) is 4.45. The van der Waals surface area contributed by atoms with E-state index in [-0.39, 0.29) is 6.04 Å². The van der Waals surface area contributed by atoms with E-state index >= 15 is 0 Å². The van der Waals surface area contributed by atoms with E-state index in [2.05, 4.69) is 30.8 Å². The Kier molecular flexibility index (Phi) is 2.19. The van der Waals surface area contributed by atoms with Crippen LogP contribution in [0.4, 0.5) is 0 Å². The molecule has 0 heterocycles. The quantitative estimate of drug-likeness (QED) is 0.747. The van der Waals surface area contributed by atoms with Gasteiger partial charge in [-0.25, -0.2) is 0 Å². The number of hydrogen-bond donors (Lipinski definition) is 1. The maximum absolute atomic E-state index is 6.09.